The fourth-order valence-corrected chi connectivity index (χ4v) is 4.63. The quantitative estimate of drug-likeness (QED) is 0.552. The number of aryl methyl sites for hydroxylation is 1. The van der Waals surface area contributed by atoms with Gasteiger partial charge in [-0.25, -0.2) is 0 Å². The van der Waals surface area contributed by atoms with E-state index >= 15 is 0 Å². The van der Waals surface area contributed by atoms with Crippen molar-refractivity contribution in [1.82, 2.24) is 14.8 Å². The van der Waals surface area contributed by atoms with Crippen LogP contribution in [0.4, 0.5) is 24.7 Å². The summed E-state index contributed by atoms with van der Waals surface area (Å²) < 4.78 is 41.8. The predicted octanol–water partition coefficient (Wildman–Crippen LogP) is 4.03. The van der Waals surface area contributed by atoms with Crippen molar-refractivity contribution < 1.29 is 18.3 Å². The first kappa shape index (κ1) is 20.6. The maximum Gasteiger partial charge on any atom is 0.421 e. The number of hydrogen-bond acceptors (Lipinski definition) is 5. The van der Waals surface area contributed by atoms with Gasteiger partial charge >= 0.3 is 6.18 Å². The van der Waals surface area contributed by atoms with E-state index < -0.39 is 18.2 Å². The molecule has 2 aliphatic rings. The molecule has 0 spiro atoms. The van der Waals surface area contributed by atoms with E-state index in [9.17, 15) is 28.3 Å². The van der Waals surface area contributed by atoms with Crippen molar-refractivity contribution >= 4 is 22.4 Å². The number of aromatic amines is 1. The molecule has 2 aromatic heterocycles. The van der Waals surface area contributed by atoms with Crippen LogP contribution >= 0.6 is 0 Å². The number of fused-ring (bicyclic) bond motifs is 2. The standard InChI is InChI=1S/C22H20F3N5O2/c23-22(24,25)21(32)8-5-13-11-14(3-4-15(13)21)28-19-18-17(7-10-27-20(18)31)30(29-19)16(6-9-26)12-1-2-12/h3-4,7,10-12,16,32H,1-2,5-6,8H2,(H,27,31)(H,28,29)/t16?,21-/m1/s1. The molecule has 0 bridgehead atoms. The van der Waals surface area contributed by atoms with E-state index in [2.05, 4.69) is 21.5 Å². The van der Waals surface area contributed by atoms with Gasteiger partial charge in [0, 0.05) is 11.9 Å². The number of rotatable bonds is 5. The van der Waals surface area contributed by atoms with Crippen LogP contribution in [0.5, 0.6) is 0 Å². The van der Waals surface area contributed by atoms with Crippen molar-refractivity contribution in [3.63, 3.8) is 0 Å². The van der Waals surface area contributed by atoms with Crippen LogP contribution < -0.4 is 10.9 Å². The lowest BCUT2D eigenvalue weighted by atomic mass is 9.95. The summed E-state index contributed by atoms with van der Waals surface area (Å²) in [5, 5.41) is 27.4. The average Bonchev–Trinajstić information content (AvgIpc) is 3.44. The summed E-state index contributed by atoms with van der Waals surface area (Å²) in [6, 6.07) is 8.03. The van der Waals surface area contributed by atoms with Crippen LogP contribution in [0.2, 0.25) is 0 Å². The predicted molar refractivity (Wildman–Crippen MR) is 110 cm³/mol. The molecule has 2 aliphatic carbocycles. The third-order valence-electron chi connectivity index (χ3n) is 6.45. The van der Waals surface area contributed by atoms with E-state index in [4.69, 9.17) is 0 Å². The summed E-state index contributed by atoms with van der Waals surface area (Å²) in [5.41, 5.74) is -1.89. The fraction of sp³-hybridized carbons (Fsp3) is 0.409. The molecule has 0 amide bonds. The van der Waals surface area contributed by atoms with Crippen LogP contribution in [0.15, 0.2) is 35.3 Å². The lowest BCUT2D eigenvalue weighted by molar-refractivity contribution is -0.265. The normalized spacial score (nSPS) is 21.3. The summed E-state index contributed by atoms with van der Waals surface area (Å²) in [5.74, 6) is 0.597. The number of hydrogen-bond donors (Lipinski definition) is 3. The second-order valence-electron chi connectivity index (χ2n) is 8.48. The van der Waals surface area contributed by atoms with Crippen LogP contribution in [0, 0.1) is 17.2 Å². The Labute approximate surface area is 180 Å². The van der Waals surface area contributed by atoms with Crippen LogP contribution in [0.25, 0.3) is 10.9 Å². The second kappa shape index (κ2) is 7.10. The number of anilines is 2. The Bertz CT molecular complexity index is 1300. The zero-order valence-corrected chi connectivity index (χ0v) is 16.9. The van der Waals surface area contributed by atoms with E-state index in [0.29, 0.717) is 28.1 Å². The highest BCUT2D eigenvalue weighted by Crippen LogP contribution is 2.48. The Morgan fingerprint density at radius 2 is 2.16 bits per heavy atom. The van der Waals surface area contributed by atoms with Crippen LogP contribution in [0.1, 0.15) is 42.9 Å². The number of benzene rings is 1. The van der Waals surface area contributed by atoms with E-state index in [0.717, 1.165) is 12.8 Å². The summed E-state index contributed by atoms with van der Waals surface area (Å²) in [7, 11) is 0. The van der Waals surface area contributed by atoms with Gasteiger partial charge in [-0.1, -0.05) is 6.07 Å². The average molecular weight is 443 g/mol. The third-order valence-corrected chi connectivity index (χ3v) is 6.45. The molecule has 1 fully saturated rings. The summed E-state index contributed by atoms with van der Waals surface area (Å²) >= 11 is 0. The van der Waals surface area contributed by atoms with E-state index in [1.807, 2.05) is 0 Å². The van der Waals surface area contributed by atoms with Gasteiger partial charge in [0.2, 0.25) is 0 Å². The van der Waals surface area contributed by atoms with Crippen molar-refractivity contribution in [3.05, 3.63) is 51.9 Å². The molecule has 3 aromatic rings. The number of pyridine rings is 1. The Balaban J connectivity index is 1.55. The van der Waals surface area contributed by atoms with Crippen molar-refractivity contribution in [1.29, 1.82) is 5.26 Å². The Morgan fingerprint density at radius 3 is 2.84 bits per heavy atom. The Kier molecular flexibility index (Phi) is 4.57. The monoisotopic (exact) mass is 443 g/mol. The lowest BCUT2D eigenvalue weighted by Gasteiger charge is -2.26. The molecule has 0 aliphatic heterocycles. The van der Waals surface area contributed by atoms with Crippen molar-refractivity contribution in [3.8, 4) is 6.07 Å². The molecule has 3 N–H and O–H groups in total. The molecule has 5 rings (SSSR count). The molecule has 1 aromatic carbocycles. The number of halogens is 3. The minimum absolute atomic E-state index is 0.0859. The Morgan fingerprint density at radius 1 is 1.38 bits per heavy atom. The van der Waals surface area contributed by atoms with Crippen molar-refractivity contribution in [2.45, 2.75) is 49.9 Å². The molecular weight excluding hydrogens is 423 g/mol. The first-order valence-electron chi connectivity index (χ1n) is 10.4. The SMILES string of the molecule is N#CCC(C1CC1)n1nc(Nc2ccc3c(c2)CC[C@]3(O)C(F)(F)F)c2c(=O)[nH]ccc21. The first-order chi connectivity index (χ1) is 15.2. The number of aromatic nitrogens is 3. The van der Waals surface area contributed by atoms with Gasteiger partial charge in [-0.3, -0.25) is 9.48 Å². The lowest BCUT2D eigenvalue weighted by Crippen LogP contribution is -2.40. The number of H-pyrrole nitrogens is 1. The van der Waals surface area contributed by atoms with Gasteiger partial charge < -0.3 is 15.4 Å². The number of nitrogens with zero attached hydrogens (tertiary/aromatic N) is 3. The van der Waals surface area contributed by atoms with Gasteiger partial charge in [-0.15, -0.1) is 0 Å². The van der Waals surface area contributed by atoms with Crippen LogP contribution in [0.3, 0.4) is 0 Å². The fourth-order valence-electron chi connectivity index (χ4n) is 4.63. The summed E-state index contributed by atoms with van der Waals surface area (Å²) in [6.45, 7) is 0. The highest BCUT2D eigenvalue weighted by Gasteiger charge is 2.57. The number of nitrogens with one attached hydrogen (secondary N) is 2. The summed E-state index contributed by atoms with van der Waals surface area (Å²) in [6.07, 6.45) is -1.32. The Hall–Kier alpha value is -3.32. The van der Waals surface area contributed by atoms with E-state index in [-0.39, 0.29) is 35.8 Å². The molecule has 10 heteroatoms. The van der Waals surface area contributed by atoms with Gasteiger partial charge in [0.15, 0.2) is 11.4 Å². The minimum atomic E-state index is -4.76. The molecule has 32 heavy (non-hydrogen) atoms. The first-order valence-corrected chi connectivity index (χ1v) is 10.4. The maximum atomic E-state index is 13.4. The minimum Gasteiger partial charge on any atom is -0.376 e. The van der Waals surface area contributed by atoms with Crippen LogP contribution in [-0.4, -0.2) is 26.0 Å². The van der Waals surface area contributed by atoms with Gasteiger partial charge in [0.1, 0.15) is 5.39 Å². The number of nitriles is 1. The maximum absolute atomic E-state index is 13.4. The van der Waals surface area contributed by atoms with Crippen molar-refractivity contribution in [2.75, 3.05) is 5.32 Å². The molecule has 0 radical (unpaired) electrons. The summed E-state index contributed by atoms with van der Waals surface area (Å²) in [4.78, 5) is 15.2. The second-order valence-corrected chi connectivity index (χ2v) is 8.48. The molecule has 1 unspecified atom stereocenters. The van der Waals surface area contributed by atoms with Crippen molar-refractivity contribution in [2.24, 2.45) is 5.92 Å². The van der Waals surface area contributed by atoms with E-state index in [1.165, 1.54) is 18.3 Å². The molecule has 0 saturated heterocycles. The molecule has 1 saturated carbocycles. The third kappa shape index (κ3) is 3.15. The molecule has 2 heterocycles. The molecular formula is C22H20F3N5O2. The van der Waals surface area contributed by atoms with Gasteiger partial charge in [0.25, 0.3) is 5.56 Å². The van der Waals surface area contributed by atoms with Gasteiger partial charge in [-0.2, -0.15) is 23.5 Å². The van der Waals surface area contributed by atoms with Gasteiger partial charge in [-0.05, 0) is 60.9 Å². The largest absolute Gasteiger partial charge is 0.421 e. The van der Waals surface area contributed by atoms with Gasteiger partial charge in [0.05, 0.1) is 24.0 Å². The zero-order valence-electron chi connectivity index (χ0n) is 16.9. The smallest absolute Gasteiger partial charge is 0.376 e. The zero-order chi connectivity index (χ0) is 22.7. The molecule has 2 atom stereocenters. The topological polar surface area (TPSA) is 107 Å². The highest BCUT2D eigenvalue weighted by molar-refractivity contribution is 5.91. The number of alkyl halides is 3. The number of aliphatic hydroxyl groups is 1. The highest BCUT2D eigenvalue weighted by atomic mass is 19.4. The van der Waals surface area contributed by atoms with Crippen LogP contribution in [-0.2, 0) is 12.0 Å². The molecule has 7 nitrogen and oxygen atoms in total. The van der Waals surface area contributed by atoms with E-state index in [1.54, 1.807) is 16.8 Å². The molecule has 166 valence electrons.